The molecule has 0 aliphatic rings. The van der Waals surface area contributed by atoms with E-state index in [4.69, 9.17) is 0 Å². The number of nitrogens with one attached hydrogen (secondary N) is 1. The van der Waals surface area contributed by atoms with Crippen molar-refractivity contribution >= 4 is 28.9 Å². The molecular weight excluding hydrogens is 302 g/mol. The molecule has 3 rings (SSSR count). The molecule has 1 N–H and O–H groups in total. The maximum atomic E-state index is 4.22. The van der Waals surface area contributed by atoms with Crippen molar-refractivity contribution in [1.82, 2.24) is 20.4 Å². The number of anilines is 1. The van der Waals surface area contributed by atoms with Crippen LogP contribution in [0.4, 0.5) is 5.82 Å². The Morgan fingerprint density at radius 2 is 1.86 bits per heavy atom. The minimum Gasteiger partial charge on any atom is -0.362 e. The lowest BCUT2D eigenvalue weighted by atomic mass is 10.2. The molecule has 0 fully saturated rings. The number of hydrogen-bond donors (Lipinski definition) is 1. The lowest BCUT2D eigenvalue weighted by molar-refractivity contribution is 0.912. The quantitative estimate of drug-likeness (QED) is 0.729. The molecule has 0 saturated heterocycles. The van der Waals surface area contributed by atoms with Gasteiger partial charge in [-0.1, -0.05) is 41.7 Å². The van der Waals surface area contributed by atoms with Crippen molar-refractivity contribution in [2.75, 3.05) is 11.6 Å². The first kappa shape index (κ1) is 14.0. The van der Waals surface area contributed by atoms with Crippen LogP contribution in [0.25, 0.3) is 10.6 Å². The molecule has 2 aromatic heterocycles. The third-order valence-corrected chi connectivity index (χ3v) is 4.37. The highest BCUT2D eigenvalue weighted by Gasteiger charge is 2.06. The minimum atomic E-state index is 0.595. The Kier molecular flexibility index (Phi) is 4.42. The molecule has 0 amide bonds. The Morgan fingerprint density at radius 1 is 1.00 bits per heavy atom. The van der Waals surface area contributed by atoms with Crippen LogP contribution in [0.15, 0.2) is 47.5 Å². The van der Waals surface area contributed by atoms with E-state index < -0.39 is 0 Å². The average Bonchev–Trinajstić information content (AvgIpc) is 3.03. The van der Waals surface area contributed by atoms with E-state index in [-0.39, 0.29) is 0 Å². The fourth-order valence-corrected chi connectivity index (χ4v) is 2.82. The first-order valence-corrected chi connectivity index (χ1v) is 8.38. The van der Waals surface area contributed by atoms with Gasteiger partial charge in [0.2, 0.25) is 0 Å². The van der Waals surface area contributed by atoms with Crippen LogP contribution < -0.4 is 5.32 Å². The van der Waals surface area contributed by atoms with Gasteiger partial charge in [-0.05, 0) is 18.4 Å². The Morgan fingerprint density at radius 3 is 2.57 bits per heavy atom. The van der Waals surface area contributed by atoms with Gasteiger partial charge in [-0.25, -0.2) is 0 Å². The Bertz CT molecular complexity index is 697. The van der Waals surface area contributed by atoms with Gasteiger partial charge in [-0.15, -0.1) is 32.2 Å². The Labute approximate surface area is 130 Å². The van der Waals surface area contributed by atoms with E-state index in [1.165, 1.54) is 0 Å². The van der Waals surface area contributed by atoms with Crippen molar-refractivity contribution in [3.63, 3.8) is 0 Å². The van der Waals surface area contributed by atoms with Crippen LogP contribution in [0.1, 0.15) is 5.01 Å². The van der Waals surface area contributed by atoms with E-state index in [1.807, 2.05) is 48.7 Å². The van der Waals surface area contributed by atoms with Crippen molar-refractivity contribution in [2.45, 2.75) is 11.6 Å². The van der Waals surface area contributed by atoms with Gasteiger partial charge in [0.15, 0.2) is 0 Å². The maximum Gasteiger partial charge on any atom is 0.149 e. The van der Waals surface area contributed by atoms with Crippen LogP contribution in [-0.2, 0) is 6.54 Å². The average molecular weight is 315 g/mol. The van der Waals surface area contributed by atoms with Crippen LogP contribution in [-0.4, -0.2) is 26.7 Å². The zero-order valence-corrected chi connectivity index (χ0v) is 13.0. The fourth-order valence-electron chi connectivity index (χ4n) is 1.71. The number of thioether (sulfide) groups is 1. The lowest BCUT2D eigenvalue weighted by Crippen LogP contribution is -2.02. The monoisotopic (exact) mass is 315 g/mol. The highest BCUT2D eigenvalue weighted by atomic mass is 32.2. The smallest absolute Gasteiger partial charge is 0.149 e. The SMILES string of the molecule is CSc1ccc(NCc2nnc(-c3ccccc3)s2)nn1. The van der Waals surface area contributed by atoms with Gasteiger partial charge in [0.05, 0.1) is 6.54 Å². The second-order valence-corrected chi connectivity index (χ2v) is 6.07. The van der Waals surface area contributed by atoms with Crippen molar-refractivity contribution < 1.29 is 0 Å². The minimum absolute atomic E-state index is 0.595. The van der Waals surface area contributed by atoms with Gasteiger partial charge < -0.3 is 5.32 Å². The summed E-state index contributed by atoms with van der Waals surface area (Å²) in [4.78, 5) is 0. The molecule has 106 valence electrons. The van der Waals surface area contributed by atoms with Gasteiger partial charge in [0.25, 0.3) is 0 Å². The summed E-state index contributed by atoms with van der Waals surface area (Å²) in [7, 11) is 0. The van der Waals surface area contributed by atoms with E-state index in [2.05, 4.69) is 25.7 Å². The van der Waals surface area contributed by atoms with Crippen molar-refractivity contribution in [2.24, 2.45) is 0 Å². The third kappa shape index (κ3) is 3.56. The molecule has 7 heteroatoms. The molecule has 21 heavy (non-hydrogen) atoms. The predicted molar refractivity (Wildman–Crippen MR) is 86.5 cm³/mol. The molecule has 0 spiro atoms. The molecule has 5 nitrogen and oxygen atoms in total. The summed E-state index contributed by atoms with van der Waals surface area (Å²) in [5.41, 5.74) is 1.09. The second-order valence-electron chi connectivity index (χ2n) is 4.18. The Hall–Kier alpha value is -1.99. The fraction of sp³-hybridized carbons (Fsp3) is 0.143. The molecular formula is C14H13N5S2. The molecule has 0 atom stereocenters. The summed E-state index contributed by atoms with van der Waals surface area (Å²) >= 11 is 3.15. The van der Waals surface area contributed by atoms with E-state index in [9.17, 15) is 0 Å². The molecule has 0 bridgehead atoms. The molecule has 0 radical (unpaired) electrons. The molecule has 0 saturated carbocycles. The molecule has 2 heterocycles. The largest absolute Gasteiger partial charge is 0.362 e. The van der Waals surface area contributed by atoms with Crippen LogP contribution >= 0.6 is 23.1 Å². The maximum absolute atomic E-state index is 4.22. The summed E-state index contributed by atoms with van der Waals surface area (Å²) in [5.74, 6) is 0.740. The van der Waals surface area contributed by atoms with E-state index in [0.717, 1.165) is 26.4 Å². The molecule has 1 aromatic carbocycles. The van der Waals surface area contributed by atoms with Crippen LogP contribution in [0.3, 0.4) is 0 Å². The van der Waals surface area contributed by atoms with Gasteiger partial charge >= 0.3 is 0 Å². The number of aromatic nitrogens is 4. The van der Waals surface area contributed by atoms with E-state index in [1.54, 1.807) is 23.1 Å². The zero-order chi connectivity index (χ0) is 14.5. The van der Waals surface area contributed by atoms with Crippen molar-refractivity contribution in [3.8, 4) is 10.6 Å². The van der Waals surface area contributed by atoms with Gasteiger partial charge in [-0.3, -0.25) is 0 Å². The summed E-state index contributed by atoms with van der Waals surface area (Å²) in [6.07, 6.45) is 1.98. The summed E-state index contributed by atoms with van der Waals surface area (Å²) in [6.45, 7) is 0.595. The standard InChI is InChI=1S/C14H13N5S2/c1-20-12-8-7-11(16-17-12)15-9-13-18-19-14(21-13)10-5-3-2-4-6-10/h2-8H,9H2,1H3,(H,15,16). The van der Waals surface area contributed by atoms with Crippen LogP contribution in [0, 0.1) is 0 Å². The van der Waals surface area contributed by atoms with Crippen LogP contribution in [0.5, 0.6) is 0 Å². The molecule has 0 aliphatic carbocycles. The first-order valence-electron chi connectivity index (χ1n) is 6.34. The first-order chi connectivity index (χ1) is 10.3. The number of hydrogen-bond acceptors (Lipinski definition) is 7. The van der Waals surface area contributed by atoms with Crippen molar-refractivity contribution in [3.05, 3.63) is 47.5 Å². The summed E-state index contributed by atoms with van der Waals surface area (Å²) in [5, 5.41) is 22.5. The number of rotatable bonds is 5. The normalized spacial score (nSPS) is 10.5. The highest BCUT2D eigenvalue weighted by molar-refractivity contribution is 7.98. The summed E-state index contributed by atoms with van der Waals surface area (Å²) < 4.78 is 0. The number of benzene rings is 1. The lowest BCUT2D eigenvalue weighted by Gasteiger charge is -2.01. The highest BCUT2D eigenvalue weighted by Crippen LogP contribution is 2.23. The van der Waals surface area contributed by atoms with Gasteiger partial charge in [0, 0.05) is 5.56 Å². The molecule has 0 aliphatic heterocycles. The van der Waals surface area contributed by atoms with E-state index in [0.29, 0.717) is 6.54 Å². The zero-order valence-electron chi connectivity index (χ0n) is 11.4. The predicted octanol–water partition coefficient (Wildman–Crippen LogP) is 3.33. The number of nitrogens with zero attached hydrogens (tertiary/aromatic N) is 4. The topological polar surface area (TPSA) is 63.6 Å². The third-order valence-electron chi connectivity index (χ3n) is 2.76. The van der Waals surface area contributed by atoms with Crippen molar-refractivity contribution in [1.29, 1.82) is 0 Å². The molecule has 0 unspecified atom stereocenters. The molecule has 3 aromatic rings. The Balaban J connectivity index is 1.64. The van der Waals surface area contributed by atoms with E-state index >= 15 is 0 Å². The second kappa shape index (κ2) is 6.64. The van der Waals surface area contributed by atoms with Crippen LogP contribution in [0.2, 0.25) is 0 Å². The van der Waals surface area contributed by atoms with Gasteiger partial charge in [-0.2, -0.15) is 0 Å². The summed E-state index contributed by atoms with van der Waals surface area (Å²) in [6, 6.07) is 13.9. The van der Waals surface area contributed by atoms with Gasteiger partial charge in [0.1, 0.15) is 20.9 Å².